The van der Waals surface area contributed by atoms with E-state index in [0.29, 0.717) is 17.3 Å². The molecule has 1 N–H and O–H groups in total. The minimum Gasteiger partial charge on any atom is -0.507 e. The van der Waals surface area contributed by atoms with Gasteiger partial charge in [-0.25, -0.2) is 15.0 Å². The summed E-state index contributed by atoms with van der Waals surface area (Å²) in [5.74, 6) is 1.10. The molecule has 86 valence electrons. The van der Waals surface area contributed by atoms with Gasteiger partial charge in [-0.2, -0.15) is 0 Å². The van der Waals surface area contributed by atoms with Crippen molar-refractivity contribution in [2.24, 2.45) is 4.99 Å². The van der Waals surface area contributed by atoms with Crippen LogP contribution in [0, 0.1) is 0 Å². The van der Waals surface area contributed by atoms with E-state index in [1.807, 2.05) is 6.07 Å². The molecule has 0 saturated heterocycles. The number of aromatic nitrogens is 2. The Morgan fingerprint density at radius 2 is 2.12 bits per heavy atom. The van der Waals surface area contributed by atoms with Crippen LogP contribution >= 0.6 is 0 Å². The van der Waals surface area contributed by atoms with E-state index in [0.717, 1.165) is 0 Å². The standard InChI is InChI=1S/C12H11N3O2/c1-17-12-6-11(14-8-15-12)13-7-9-4-2-3-5-10(9)16/h2-8,16H,1H3/b13-7+. The van der Waals surface area contributed by atoms with Crippen molar-refractivity contribution >= 4 is 12.0 Å². The Labute approximate surface area is 98.5 Å². The number of hydrogen-bond donors (Lipinski definition) is 1. The summed E-state index contributed by atoms with van der Waals surface area (Å²) >= 11 is 0. The number of phenols is 1. The summed E-state index contributed by atoms with van der Waals surface area (Å²) in [4.78, 5) is 12.0. The van der Waals surface area contributed by atoms with Gasteiger partial charge in [0, 0.05) is 17.8 Å². The minimum absolute atomic E-state index is 0.178. The number of methoxy groups -OCH3 is 1. The number of aliphatic imine (C=N–C) groups is 1. The molecule has 0 fully saturated rings. The molecule has 0 aliphatic carbocycles. The summed E-state index contributed by atoms with van der Waals surface area (Å²) in [6, 6.07) is 8.54. The van der Waals surface area contributed by atoms with Crippen LogP contribution < -0.4 is 4.74 Å². The van der Waals surface area contributed by atoms with Crippen LogP contribution in [0.5, 0.6) is 11.6 Å². The van der Waals surface area contributed by atoms with Crippen LogP contribution in [-0.2, 0) is 0 Å². The van der Waals surface area contributed by atoms with E-state index < -0.39 is 0 Å². The molecule has 1 aromatic heterocycles. The van der Waals surface area contributed by atoms with Gasteiger partial charge in [-0.3, -0.25) is 0 Å². The molecule has 1 heterocycles. The fourth-order valence-electron chi connectivity index (χ4n) is 1.24. The zero-order valence-corrected chi connectivity index (χ0v) is 9.24. The van der Waals surface area contributed by atoms with E-state index >= 15 is 0 Å². The number of nitrogens with zero attached hydrogens (tertiary/aromatic N) is 3. The Morgan fingerprint density at radius 3 is 2.88 bits per heavy atom. The van der Waals surface area contributed by atoms with Gasteiger partial charge in [0.2, 0.25) is 5.88 Å². The van der Waals surface area contributed by atoms with E-state index in [1.165, 1.54) is 19.7 Å². The average molecular weight is 229 g/mol. The summed E-state index contributed by atoms with van der Waals surface area (Å²) in [6.45, 7) is 0. The first-order chi connectivity index (χ1) is 8.29. The molecule has 1 aromatic carbocycles. The van der Waals surface area contributed by atoms with Crippen molar-refractivity contribution in [3.63, 3.8) is 0 Å². The van der Waals surface area contributed by atoms with Crippen molar-refractivity contribution in [1.82, 2.24) is 9.97 Å². The van der Waals surface area contributed by atoms with Gasteiger partial charge in [0.25, 0.3) is 0 Å². The van der Waals surface area contributed by atoms with Crippen LogP contribution in [0.25, 0.3) is 0 Å². The third-order valence-corrected chi connectivity index (χ3v) is 2.11. The number of ether oxygens (including phenoxy) is 1. The summed E-state index contributed by atoms with van der Waals surface area (Å²) in [5.41, 5.74) is 0.630. The first-order valence-electron chi connectivity index (χ1n) is 4.97. The predicted molar refractivity (Wildman–Crippen MR) is 63.9 cm³/mol. The lowest BCUT2D eigenvalue weighted by atomic mass is 10.2. The third kappa shape index (κ3) is 2.78. The Morgan fingerprint density at radius 1 is 1.29 bits per heavy atom. The van der Waals surface area contributed by atoms with Gasteiger partial charge in [0.05, 0.1) is 7.11 Å². The molecule has 0 bridgehead atoms. The Bertz CT molecular complexity index is 541. The van der Waals surface area contributed by atoms with E-state index in [9.17, 15) is 5.11 Å². The molecular formula is C12H11N3O2. The summed E-state index contributed by atoms with van der Waals surface area (Å²) in [5, 5.41) is 9.54. The molecule has 0 spiro atoms. The normalized spacial score (nSPS) is 10.6. The maximum atomic E-state index is 9.54. The summed E-state index contributed by atoms with van der Waals surface area (Å²) < 4.78 is 4.96. The van der Waals surface area contributed by atoms with Crippen molar-refractivity contribution in [1.29, 1.82) is 0 Å². The SMILES string of the molecule is COc1cc(/N=C/c2ccccc2O)ncn1. The largest absolute Gasteiger partial charge is 0.507 e. The molecule has 0 radical (unpaired) electrons. The van der Waals surface area contributed by atoms with Crippen molar-refractivity contribution in [3.05, 3.63) is 42.2 Å². The highest BCUT2D eigenvalue weighted by Gasteiger charge is 1.97. The highest BCUT2D eigenvalue weighted by molar-refractivity contribution is 5.84. The van der Waals surface area contributed by atoms with Crippen LogP contribution in [0.15, 0.2) is 41.7 Å². The fraction of sp³-hybridized carbons (Fsp3) is 0.0833. The monoisotopic (exact) mass is 229 g/mol. The Kier molecular flexibility index (Phi) is 3.30. The van der Waals surface area contributed by atoms with Crippen LogP contribution in [-0.4, -0.2) is 28.4 Å². The molecule has 2 aromatic rings. The molecular weight excluding hydrogens is 218 g/mol. The Balaban J connectivity index is 2.23. The highest BCUT2D eigenvalue weighted by Crippen LogP contribution is 2.16. The van der Waals surface area contributed by atoms with Crippen molar-refractivity contribution < 1.29 is 9.84 Å². The molecule has 0 aliphatic heterocycles. The van der Waals surface area contributed by atoms with Crippen molar-refractivity contribution in [2.75, 3.05) is 7.11 Å². The van der Waals surface area contributed by atoms with E-state index in [4.69, 9.17) is 4.74 Å². The van der Waals surface area contributed by atoms with Gasteiger partial charge in [-0.15, -0.1) is 0 Å². The minimum atomic E-state index is 0.178. The molecule has 0 saturated carbocycles. The lowest BCUT2D eigenvalue weighted by Gasteiger charge is -1.98. The third-order valence-electron chi connectivity index (χ3n) is 2.11. The topological polar surface area (TPSA) is 67.6 Å². The molecule has 0 aliphatic rings. The number of benzene rings is 1. The number of hydrogen-bond acceptors (Lipinski definition) is 5. The number of aromatic hydroxyl groups is 1. The number of phenolic OH excluding ortho intramolecular Hbond substituents is 1. The molecule has 5 heteroatoms. The molecule has 0 unspecified atom stereocenters. The molecule has 2 rings (SSSR count). The van der Waals surface area contributed by atoms with Gasteiger partial charge < -0.3 is 9.84 Å². The van der Waals surface area contributed by atoms with E-state index in [2.05, 4.69) is 15.0 Å². The molecule has 0 amide bonds. The molecule has 17 heavy (non-hydrogen) atoms. The van der Waals surface area contributed by atoms with Crippen LogP contribution in [0.1, 0.15) is 5.56 Å². The summed E-state index contributed by atoms with van der Waals surface area (Å²) in [7, 11) is 1.53. The van der Waals surface area contributed by atoms with Crippen LogP contribution in [0.4, 0.5) is 5.82 Å². The smallest absolute Gasteiger partial charge is 0.218 e. The van der Waals surface area contributed by atoms with E-state index in [-0.39, 0.29) is 5.75 Å². The van der Waals surface area contributed by atoms with Gasteiger partial charge in [-0.05, 0) is 12.1 Å². The quantitative estimate of drug-likeness (QED) is 0.817. The van der Waals surface area contributed by atoms with Crippen LogP contribution in [0.2, 0.25) is 0 Å². The van der Waals surface area contributed by atoms with Gasteiger partial charge in [-0.1, -0.05) is 12.1 Å². The maximum absolute atomic E-state index is 9.54. The Hall–Kier alpha value is -2.43. The maximum Gasteiger partial charge on any atom is 0.218 e. The molecule has 0 atom stereocenters. The second-order valence-electron chi connectivity index (χ2n) is 3.24. The van der Waals surface area contributed by atoms with Gasteiger partial charge in [0.1, 0.15) is 12.1 Å². The number of para-hydroxylation sites is 1. The number of rotatable bonds is 3. The van der Waals surface area contributed by atoms with Gasteiger partial charge in [0.15, 0.2) is 5.82 Å². The van der Waals surface area contributed by atoms with Gasteiger partial charge >= 0.3 is 0 Å². The van der Waals surface area contributed by atoms with E-state index in [1.54, 1.807) is 24.3 Å². The fourth-order valence-corrected chi connectivity index (χ4v) is 1.24. The zero-order chi connectivity index (χ0) is 12.1. The lowest BCUT2D eigenvalue weighted by Crippen LogP contribution is -1.88. The van der Waals surface area contributed by atoms with Crippen LogP contribution in [0.3, 0.4) is 0 Å². The second-order valence-corrected chi connectivity index (χ2v) is 3.24. The first-order valence-corrected chi connectivity index (χ1v) is 4.97. The first kappa shape index (κ1) is 11.1. The lowest BCUT2D eigenvalue weighted by molar-refractivity contribution is 0.397. The zero-order valence-electron chi connectivity index (χ0n) is 9.24. The predicted octanol–water partition coefficient (Wildman–Crippen LogP) is 1.94. The molecule has 5 nitrogen and oxygen atoms in total. The second kappa shape index (κ2) is 5.07. The van der Waals surface area contributed by atoms with Crippen molar-refractivity contribution in [2.45, 2.75) is 0 Å². The van der Waals surface area contributed by atoms with Crippen molar-refractivity contribution in [3.8, 4) is 11.6 Å². The average Bonchev–Trinajstić information content (AvgIpc) is 2.38. The highest BCUT2D eigenvalue weighted by atomic mass is 16.5. The summed E-state index contributed by atoms with van der Waals surface area (Å²) in [6.07, 6.45) is 2.91.